The van der Waals surface area contributed by atoms with E-state index in [1.807, 2.05) is 25.1 Å². The third kappa shape index (κ3) is 6.88. The molecule has 0 radical (unpaired) electrons. The molecule has 3 rings (SSSR count). The number of hydrogen-bond acceptors (Lipinski definition) is 5. The summed E-state index contributed by atoms with van der Waals surface area (Å²) in [5.74, 6) is -0.379. The van der Waals surface area contributed by atoms with Gasteiger partial charge in [0.2, 0.25) is 0 Å². The van der Waals surface area contributed by atoms with Crippen molar-refractivity contribution in [2.24, 2.45) is 0 Å². The Morgan fingerprint density at radius 1 is 1.00 bits per heavy atom. The maximum Gasteiger partial charge on any atom is 0.340 e. The van der Waals surface area contributed by atoms with Crippen LogP contribution in [0.4, 0.5) is 11.4 Å². The number of amides is 1. The van der Waals surface area contributed by atoms with E-state index in [1.54, 1.807) is 30.3 Å². The smallest absolute Gasteiger partial charge is 0.340 e. The molecule has 2 N–H and O–H groups in total. The summed E-state index contributed by atoms with van der Waals surface area (Å²) in [4.78, 5) is 24.8. The Morgan fingerprint density at radius 3 is 2.55 bits per heavy atom. The molecule has 6 nitrogen and oxygen atoms in total. The van der Waals surface area contributed by atoms with E-state index < -0.39 is 11.9 Å². The minimum Gasteiger partial charge on any atom is -0.492 e. The van der Waals surface area contributed by atoms with Crippen molar-refractivity contribution in [3.8, 4) is 5.75 Å². The zero-order valence-corrected chi connectivity index (χ0v) is 18.0. The number of para-hydroxylation sites is 3. The molecule has 0 aromatic heterocycles. The number of anilines is 2. The predicted octanol–water partition coefficient (Wildman–Crippen LogP) is 5.18. The van der Waals surface area contributed by atoms with E-state index in [9.17, 15) is 9.59 Å². The van der Waals surface area contributed by atoms with Gasteiger partial charge in [0, 0.05) is 12.2 Å². The number of ether oxygens (including phenoxy) is 2. The van der Waals surface area contributed by atoms with Crippen LogP contribution < -0.4 is 15.4 Å². The van der Waals surface area contributed by atoms with Crippen molar-refractivity contribution >= 4 is 23.3 Å². The molecule has 0 heterocycles. The van der Waals surface area contributed by atoms with Crippen LogP contribution in [0, 0.1) is 0 Å². The standard InChI is InChI=1S/C25H30N2O4/c1-2-30-23-15-9-8-14-22(23)27-24(28)18-31-25(29)20-12-6-7-13-21(20)26-17-16-19-10-4-3-5-11-19/h6-10,12-15,26H,2-5,11,16-18H2,1H3,(H,27,28). The molecule has 31 heavy (non-hydrogen) atoms. The van der Waals surface area contributed by atoms with Crippen LogP contribution in [-0.4, -0.2) is 31.6 Å². The molecule has 6 heteroatoms. The average molecular weight is 423 g/mol. The Balaban J connectivity index is 1.52. The summed E-state index contributed by atoms with van der Waals surface area (Å²) in [6, 6.07) is 14.4. The van der Waals surface area contributed by atoms with E-state index >= 15 is 0 Å². The lowest BCUT2D eigenvalue weighted by Crippen LogP contribution is -2.22. The normalized spacial score (nSPS) is 13.1. The topological polar surface area (TPSA) is 76.7 Å². The number of esters is 1. The molecule has 0 atom stereocenters. The first-order chi connectivity index (χ1) is 15.2. The minimum atomic E-state index is -0.534. The molecule has 164 valence electrons. The van der Waals surface area contributed by atoms with Crippen molar-refractivity contribution in [3.05, 3.63) is 65.7 Å². The molecular formula is C25H30N2O4. The molecule has 0 aliphatic heterocycles. The second kappa shape index (κ2) is 11.8. The summed E-state index contributed by atoms with van der Waals surface area (Å²) in [7, 11) is 0. The second-order valence-corrected chi connectivity index (χ2v) is 7.38. The quantitative estimate of drug-likeness (QED) is 0.407. The molecule has 1 aliphatic carbocycles. The van der Waals surface area contributed by atoms with Gasteiger partial charge < -0.3 is 20.1 Å². The van der Waals surface area contributed by atoms with E-state index in [0.717, 1.165) is 25.8 Å². The number of benzene rings is 2. The summed E-state index contributed by atoms with van der Waals surface area (Å²) >= 11 is 0. The lowest BCUT2D eigenvalue weighted by molar-refractivity contribution is -0.119. The fourth-order valence-corrected chi connectivity index (χ4v) is 3.55. The highest BCUT2D eigenvalue weighted by Gasteiger charge is 2.15. The first kappa shape index (κ1) is 22.4. The molecule has 0 saturated heterocycles. The Kier molecular flexibility index (Phi) is 8.52. The molecule has 1 amide bonds. The van der Waals surface area contributed by atoms with Crippen LogP contribution in [0.2, 0.25) is 0 Å². The fourth-order valence-electron chi connectivity index (χ4n) is 3.55. The first-order valence-electron chi connectivity index (χ1n) is 10.9. The Labute approximate surface area is 183 Å². The van der Waals surface area contributed by atoms with Crippen LogP contribution in [-0.2, 0) is 9.53 Å². The van der Waals surface area contributed by atoms with Gasteiger partial charge in [0.25, 0.3) is 5.91 Å². The maximum atomic E-state index is 12.6. The van der Waals surface area contributed by atoms with Crippen molar-refractivity contribution in [2.45, 2.75) is 39.0 Å². The molecule has 2 aromatic rings. The average Bonchev–Trinajstić information content (AvgIpc) is 2.80. The first-order valence-corrected chi connectivity index (χ1v) is 10.9. The number of hydrogen-bond donors (Lipinski definition) is 2. The molecular weight excluding hydrogens is 392 g/mol. The largest absolute Gasteiger partial charge is 0.492 e. The van der Waals surface area contributed by atoms with Gasteiger partial charge in [-0.1, -0.05) is 35.9 Å². The Hall–Kier alpha value is -3.28. The molecule has 0 bridgehead atoms. The maximum absolute atomic E-state index is 12.6. The summed E-state index contributed by atoms with van der Waals surface area (Å²) < 4.78 is 10.8. The van der Waals surface area contributed by atoms with Gasteiger partial charge >= 0.3 is 5.97 Å². The van der Waals surface area contributed by atoms with Crippen LogP contribution in [0.15, 0.2) is 60.2 Å². The summed E-state index contributed by atoms with van der Waals surface area (Å²) in [6.07, 6.45) is 8.14. The Morgan fingerprint density at radius 2 is 1.77 bits per heavy atom. The molecule has 2 aromatic carbocycles. The van der Waals surface area contributed by atoms with Crippen molar-refractivity contribution in [3.63, 3.8) is 0 Å². The van der Waals surface area contributed by atoms with Gasteiger partial charge in [-0.2, -0.15) is 0 Å². The van der Waals surface area contributed by atoms with Gasteiger partial charge in [0.15, 0.2) is 6.61 Å². The number of nitrogens with one attached hydrogen (secondary N) is 2. The number of allylic oxidation sites excluding steroid dienone is 1. The van der Waals surface area contributed by atoms with E-state index in [1.165, 1.54) is 18.4 Å². The lowest BCUT2D eigenvalue weighted by Gasteiger charge is -2.15. The summed E-state index contributed by atoms with van der Waals surface area (Å²) in [5.41, 5.74) is 3.15. The number of carbonyl (C=O) groups excluding carboxylic acids is 2. The van der Waals surface area contributed by atoms with Crippen molar-refractivity contribution < 1.29 is 19.1 Å². The van der Waals surface area contributed by atoms with E-state index in [2.05, 4.69) is 16.7 Å². The van der Waals surface area contributed by atoms with Crippen molar-refractivity contribution in [1.29, 1.82) is 0 Å². The third-order valence-electron chi connectivity index (χ3n) is 5.09. The zero-order chi connectivity index (χ0) is 21.9. The summed E-state index contributed by atoms with van der Waals surface area (Å²) in [5, 5.41) is 6.06. The lowest BCUT2D eigenvalue weighted by atomic mass is 9.97. The minimum absolute atomic E-state index is 0.374. The van der Waals surface area contributed by atoms with Gasteiger partial charge in [-0.05, 0) is 63.3 Å². The number of carbonyl (C=O) groups is 2. The third-order valence-corrected chi connectivity index (χ3v) is 5.09. The Bertz CT molecular complexity index is 923. The van der Waals surface area contributed by atoms with Crippen LogP contribution in [0.1, 0.15) is 49.4 Å². The van der Waals surface area contributed by atoms with Crippen molar-refractivity contribution in [2.75, 3.05) is 30.4 Å². The molecule has 0 unspecified atom stereocenters. The van der Waals surface area contributed by atoms with Crippen LogP contribution in [0.25, 0.3) is 0 Å². The molecule has 1 aliphatic rings. The highest BCUT2D eigenvalue weighted by molar-refractivity contribution is 5.98. The van der Waals surface area contributed by atoms with Gasteiger partial charge in [-0.25, -0.2) is 4.79 Å². The van der Waals surface area contributed by atoms with Crippen LogP contribution in [0.5, 0.6) is 5.75 Å². The SMILES string of the molecule is CCOc1ccccc1NC(=O)COC(=O)c1ccccc1NCCC1=CCCCC1. The van der Waals surface area contributed by atoms with Gasteiger partial charge in [-0.15, -0.1) is 0 Å². The van der Waals surface area contributed by atoms with Crippen LogP contribution in [0.3, 0.4) is 0 Å². The summed E-state index contributed by atoms with van der Waals surface area (Å²) in [6.45, 7) is 2.74. The molecule has 0 spiro atoms. The zero-order valence-electron chi connectivity index (χ0n) is 18.0. The number of rotatable bonds is 10. The second-order valence-electron chi connectivity index (χ2n) is 7.38. The monoisotopic (exact) mass is 422 g/mol. The highest BCUT2D eigenvalue weighted by Crippen LogP contribution is 2.24. The highest BCUT2D eigenvalue weighted by atomic mass is 16.5. The van der Waals surface area contributed by atoms with E-state index in [-0.39, 0.29) is 6.61 Å². The fraction of sp³-hybridized carbons (Fsp3) is 0.360. The van der Waals surface area contributed by atoms with Crippen LogP contribution >= 0.6 is 0 Å². The van der Waals surface area contributed by atoms with E-state index in [4.69, 9.17) is 9.47 Å². The molecule has 0 fully saturated rings. The van der Waals surface area contributed by atoms with Gasteiger partial charge in [0.05, 0.1) is 17.9 Å². The molecule has 0 saturated carbocycles. The van der Waals surface area contributed by atoms with E-state index in [0.29, 0.717) is 29.3 Å². The van der Waals surface area contributed by atoms with Crippen molar-refractivity contribution in [1.82, 2.24) is 0 Å². The predicted molar refractivity (Wildman–Crippen MR) is 123 cm³/mol. The van der Waals surface area contributed by atoms with Gasteiger partial charge in [-0.3, -0.25) is 4.79 Å². The van der Waals surface area contributed by atoms with Gasteiger partial charge in [0.1, 0.15) is 5.75 Å².